The summed E-state index contributed by atoms with van der Waals surface area (Å²) in [5.41, 5.74) is 2.29. The van der Waals surface area contributed by atoms with E-state index in [0.717, 1.165) is 17.4 Å². The molecule has 0 spiro atoms. The number of benzene rings is 2. The molecule has 3 rings (SSSR count). The van der Waals surface area contributed by atoms with Gasteiger partial charge in [0.25, 0.3) is 5.91 Å². The van der Waals surface area contributed by atoms with Gasteiger partial charge in [-0.25, -0.2) is 8.42 Å². The number of ether oxygens (including phenoxy) is 1. The van der Waals surface area contributed by atoms with Crippen LogP contribution in [0.1, 0.15) is 44.9 Å². The van der Waals surface area contributed by atoms with Gasteiger partial charge in [0.1, 0.15) is 5.75 Å². The van der Waals surface area contributed by atoms with Crippen molar-refractivity contribution in [2.75, 3.05) is 17.1 Å². The molecule has 1 amide bonds. The Bertz CT molecular complexity index is 997. The van der Waals surface area contributed by atoms with Crippen molar-refractivity contribution >= 4 is 21.6 Å². The number of hydrogen-bond acceptors (Lipinski definition) is 4. The molecular weight excluding hydrogens is 388 g/mol. The Morgan fingerprint density at radius 2 is 1.83 bits per heavy atom. The highest BCUT2D eigenvalue weighted by Gasteiger charge is 2.36. The third kappa shape index (κ3) is 4.72. The highest BCUT2D eigenvalue weighted by molar-refractivity contribution is 7.92. The second-order valence-corrected chi connectivity index (χ2v) is 10.4. The minimum absolute atomic E-state index is 0.0627. The number of hydrogen-bond donors (Lipinski definition) is 1. The van der Waals surface area contributed by atoms with Crippen molar-refractivity contribution in [3.63, 3.8) is 0 Å². The molecule has 1 N–H and O–H groups in total. The van der Waals surface area contributed by atoms with Crippen molar-refractivity contribution in [3.05, 3.63) is 59.7 Å². The SMILES string of the molecule is C[C@@H](NC(=O)[C@@H]1CN(S(C)(=O)=O)c2cc(C(C)(C)C)ccc2O1)c1ccccc1. The molecular formula is C22H28N2O4S. The van der Waals surface area contributed by atoms with Crippen LogP contribution < -0.4 is 14.4 Å². The summed E-state index contributed by atoms with van der Waals surface area (Å²) in [5.74, 6) is 0.0442. The van der Waals surface area contributed by atoms with Crippen LogP contribution in [0.5, 0.6) is 5.75 Å². The largest absolute Gasteiger partial charge is 0.476 e. The lowest BCUT2D eigenvalue weighted by atomic mass is 9.86. The van der Waals surface area contributed by atoms with Gasteiger partial charge >= 0.3 is 0 Å². The first-order valence-corrected chi connectivity index (χ1v) is 11.5. The van der Waals surface area contributed by atoms with Crippen molar-refractivity contribution < 1.29 is 17.9 Å². The lowest BCUT2D eigenvalue weighted by Crippen LogP contribution is -2.50. The highest BCUT2D eigenvalue weighted by atomic mass is 32.2. The Hall–Kier alpha value is -2.54. The van der Waals surface area contributed by atoms with E-state index >= 15 is 0 Å². The van der Waals surface area contributed by atoms with Crippen molar-refractivity contribution in [2.45, 2.75) is 45.3 Å². The van der Waals surface area contributed by atoms with Gasteiger partial charge in [-0.1, -0.05) is 57.2 Å². The molecule has 0 bridgehead atoms. The molecule has 0 saturated heterocycles. The second-order valence-electron chi connectivity index (χ2n) is 8.47. The minimum atomic E-state index is -3.58. The zero-order valence-electron chi connectivity index (χ0n) is 17.5. The number of nitrogens with zero attached hydrogens (tertiary/aromatic N) is 1. The number of carbonyl (C=O) groups excluding carboxylic acids is 1. The van der Waals surface area contributed by atoms with E-state index in [1.807, 2.05) is 49.4 Å². The van der Waals surface area contributed by atoms with Crippen LogP contribution >= 0.6 is 0 Å². The van der Waals surface area contributed by atoms with Gasteiger partial charge in [0, 0.05) is 0 Å². The summed E-state index contributed by atoms with van der Waals surface area (Å²) in [6, 6.07) is 14.8. The Labute approximate surface area is 172 Å². The minimum Gasteiger partial charge on any atom is -0.476 e. The Morgan fingerprint density at radius 3 is 2.41 bits per heavy atom. The molecule has 2 aromatic rings. The monoisotopic (exact) mass is 416 g/mol. The van der Waals surface area contributed by atoms with Crippen molar-refractivity contribution in [1.82, 2.24) is 5.32 Å². The van der Waals surface area contributed by atoms with Crippen LogP contribution in [-0.2, 0) is 20.2 Å². The van der Waals surface area contributed by atoms with Crippen LogP contribution in [0.15, 0.2) is 48.5 Å². The molecule has 0 saturated carbocycles. The zero-order chi connectivity index (χ0) is 21.4. The number of nitrogens with one attached hydrogen (secondary N) is 1. The lowest BCUT2D eigenvalue weighted by Gasteiger charge is -2.35. The van der Waals surface area contributed by atoms with Crippen LogP contribution in [-0.4, -0.2) is 33.2 Å². The molecule has 1 heterocycles. The predicted octanol–water partition coefficient (Wildman–Crippen LogP) is 3.39. The van der Waals surface area contributed by atoms with E-state index in [0.29, 0.717) is 11.4 Å². The molecule has 156 valence electrons. The molecule has 0 radical (unpaired) electrons. The molecule has 0 aliphatic carbocycles. The summed E-state index contributed by atoms with van der Waals surface area (Å²) in [7, 11) is -3.58. The first kappa shape index (κ1) is 21.2. The average Bonchev–Trinajstić information content (AvgIpc) is 2.65. The Kier molecular flexibility index (Phi) is 5.63. The van der Waals surface area contributed by atoms with Gasteiger partial charge in [-0.05, 0) is 35.6 Å². The summed E-state index contributed by atoms with van der Waals surface area (Å²) in [6.45, 7) is 8.00. The number of rotatable bonds is 4. The van der Waals surface area contributed by atoms with Gasteiger partial charge < -0.3 is 10.1 Å². The number of amides is 1. The summed E-state index contributed by atoms with van der Waals surface area (Å²) in [4.78, 5) is 12.8. The fraction of sp³-hybridized carbons (Fsp3) is 0.409. The maximum absolute atomic E-state index is 12.8. The molecule has 6 nitrogen and oxygen atoms in total. The Morgan fingerprint density at radius 1 is 1.17 bits per heavy atom. The Balaban J connectivity index is 1.88. The normalized spacial score (nSPS) is 17.8. The summed E-state index contributed by atoms with van der Waals surface area (Å²) < 4.78 is 32.1. The maximum atomic E-state index is 12.8. The molecule has 1 aliphatic heterocycles. The lowest BCUT2D eigenvalue weighted by molar-refractivity contribution is -0.128. The van der Waals surface area contributed by atoms with Crippen molar-refractivity contribution in [2.24, 2.45) is 0 Å². The van der Waals surface area contributed by atoms with E-state index < -0.39 is 16.1 Å². The quantitative estimate of drug-likeness (QED) is 0.829. The fourth-order valence-corrected chi connectivity index (χ4v) is 4.21. The molecule has 29 heavy (non-hydrogen) atoms. The fourth-order valence-electron chi connectivity index (χ4n) is 3.30. The van der Waals surface area contributed by atoms with Gasteiger partial charge in [-0.15, -0.1) is 0 Å². The predicted molar refractivity (Wildman–Crippen MR) is 115 cm³/mol. The summed E-state index contributed by atoms with van der Waals surface area (Å²) in [5, 5.41) is 2.92. The second kappa shape index (κ2) is 7.71. The average molecular weight is 417 g/mol. The van der Waals surface area contributed by atoms with E-state index in [2.05, 4.69) is 26.1 Å². The van der Waals surface area contributed by atoms with Crippen molar-refractivity contribution in [3.8, 4) is 5.75 Å². The van der Waals surface area contributed by atoms with E-state index in [4.69, 9.17) is 4.74 Å². The zero-order valence-corrected chi connectivity index (χ0v) is 18.3. The number of fused-ring (bicyclic) bond motifs is 1. The number of sulfonamides is 1. The molecule has 0 aromatic heterocycles. The van der Waals surface area contributed by atoms with Gasteiger partial charge in [0.15, 0.2) is 6.10 Å². The third-order valence-electron chi connectivity index (χ3n) is 5.05. The van der Waals surface area contributed by atoms with E-state index in [9.17, 15) is 13.2 Å². The van der Waals surface area contributed by atoms with Crippen LogP contribution in [0.4, 0.5) is 5.69 Å². The van der Waals surface area contributed by atoms with Crippen LogP contribution in [0.3, 0.4) is 0 Å². The standard InChI is InChI=1S/C22H28N2O4S/c1-15(16-9-7-6-8-10-16)23-21(25)20-14-24(29(5,26)27)18-13-17(22(2,3)4)11-12-19(18)28-20/h6-13,15,20H,14H2,1-5H3,(H,23,25)/t15-,20+/m1/s1. The first-order valence-electron chi connectivity index (χ1n) is 9.61. The highest BCUT2D eigenvalue weighted by Crippen LogP contribution is 2.38. The van der Waals surface area contributed by atoms with E-state index in [-0.39, 0.29) is 23.9 Å². The smallest absolute Gasteiger partial charge is 0.263 e. The van der Waals surface area contributed by atoms with Gasteiger partial charge in [-0.2, -0.15) is 0 Å². The molecule has 0 fully saturated rings. The van der Waals surface area contributed by atoms with E-state index in [1.54, 1.807) is 6.07 Å². The van der Waals surface area contributed by atoms with Crippen molar-refractivity contribution in [1.29, 1.82) is 0 Å². The van der Waals surface area contributed by atoms with Crippen LogP contribution in [0, 0.1) is 0 Å². The summed E-state index contributed by atoms with van der Waals surface area (Å²) >= 11 is 0. The molecule has 7 heteroatoms. The van der Waals surface area contributed by atoms with Gasteiger partial charge in [0.2, 0.25) is 10.0 Å². The molecule has 2 atom stereocenters. The first-order chi connectivity index (χ1) is 13.5. The number of anilines is 1. The summed E-state index contributed by atoms with van der Waals surface area (Å²) in [6.07, 6.45) is 0.219. The van der Waals surface area contributed by atoms with Gasteiger partial charge in [0.05, 0.1) is 24.5 Å². The molecule has 2 aromatic carbocycles. The topological polar surface area (TPSA) is 75.7 Å². The van der Waals surface area contributed by atoms with Crippen LogP contribution in [0.25, 0.3) is 0 Å². The van der Waals surface area contributed by atoms with Gasteiger partial charge in [-0.3, -0.25) is 9.10 Å². The number of carbonyl (C=O) groups is 1. The molecule has 1 aliphatic rings. The molecule has 0 unspecified atom stereocenters. The van der Waals surface area contributed by atoms with Crippen LogP contribution in [0.2, 0.25) is 0 Å². The van der Waals surface area contributed by atoms with E-state index in [1.165, 1.54) is 4.31 Å². The maximum Gasteiger partial charge on any atom is 0.263 e. The third-order valence-corrected chi connectivity index (χ3v) is 6.19.